The van der Waals surface area contributed by atoms with Crippen molar-refractivity contribution in [3.8, 4) is 0 Å². The Labute approximate surface area is 104 Å². The average molecular weight is 242 g/mol. The highest BCUT2D eigenvalue weighted by Crippen LogP contribution is 2.25. The highest BCUT2D eigenvalue weighted by molar-refractivity contribution is 5.72. The van der Waals surface area contributed by atoms with Gasteiger partial charge in [-0.3, -0.25) is 4.79 Å². The molecule has 2 N–H and O–H groups in total. The SMILES string of the molecule is COC(=O)C(CN)C1CCN(CC(C)C)CC1. The number of rotatable bonds is 5. The fourth-order valence-electron chi connectivity index (χ4n) is 2.69. The maximum absolute atomic E-state index is 11.6. The Morgan fingerprint density at radius 1 is 1.41 bits per heavy atom. The summed E-state index contributed by atoms with van der Waals surface area (Å²) in [6, 6.07) is 0. The predicted octanol–water partition coefficient (Wildman–Crippen LogP) is 1.10. The zero-order valence-electron chi connectivity index (χ0n) is 11.3. The first-order valence-corrected chi connectivity index (χ1v) is 6.58. The lowest BCUT2D eigenvalue weighted by Gasteiger charge is -2.35. The summed E-state index contributed by atoms with van der Waals surface area (Å²) in [5.41, 5.74) is 5.68. The van der Waals surface area contributed by atoms with Crippen molar-refractivity contribution in [1.82, 2.24) is 4.90 Å². The number of piperidine rings is 1. The molecule has 0 saturated carbocycles. The van der Waals surface area contributed by atoms with E-state index in [9.17, 15) is 4.79 Å². The Hall–Kier alpha value is -0.610. The standard InChI is InChI=1S/C13H26N2O2/c1-10(2)9-15-6-4-11(5-7-15)12(8-14)13(16)17-3/h10-12H,4-9,14H2,1-3H3. The van der Waals surface area contributed by atoms with Gasteiger partial charge in [0.1, 0.15) is 0 Å². The van der Waals surface area contributed by atoms with E-state index >= 15 is 0 Å². The zero-order chi connectivity index (χ0) is 12.8. The largest absolute Gasteiger partial charge is 0.469 e. The molecule has 4 heteroatoms. The average Bonchev–Trinajstić information content (AvgIpc) is 2.31. The summed E-state index contributed by atoms with van der Waals surface area (Å²) < 4.78 is 4.82. The fourth-order valence-corrected chi connectivity index (χ4v) is 2.69. The minimum atomic E-state index is -0.144. The third kappa shape index (κ3) is 4.28. The number of carbonyl (C=O) groups is 1. The second-order valence-corrected chi connectivity index (χ2v) is 5.40. The summed E-state index contributed by atoms with van der Waals surface area (Å²) in [6.07, 6.45) is 2.12. The minimum Gasteiger partial charge on any atom is -0.469 e. The van der Waals surface area contributed by atoms with Crippen molar-refractivity contribution in [2.45, 2.75) is 26.7 Å². The normalized spacial score (nSPS) is 20.5. The van der Waals surface area contributed by atoms with E-state index in [0.717, 1.165) is 32.5 Å². The van der Waals surface area contributed by atoms with Crippen molar-refractivity contribution in [1.29, 1.82) is 0 Å². The Kier molecular flexibility index (Phi) is 5.92. The number of nitrogens with two attached hydrogens (primary N) is 1. The van der Waals surface area contributed by atoms with E-state index in [1.165, 1.54) is 7.11 Å². The van der Waals surface area contributed by atoms with Crippen LogP contribution in [0.5, 0.6) is 0 Å². The van der Waals surface area contributed by atoms with Gasteiger partial charge in [0.05, 0.1) is 13.0 Å². The van der Waals surface area contributed by atoms with Gasteiger partial charge in [0, 0.05) is 13.1 Å². The second-order valence-electron chi connectivity index (χ2n) is 5.40. The molecule has 17 heavy (non-hydrogen) atoms. The van der Waals surface area contributed by atoms with Crippen LogP contribution in [0.2, 0.25) is 0 Å². The van der Waals surface area contributed by atoms with Crippen LogP contribution in [-0.2, 0) is 9.53 Å². The van der Waals surface area contributed by atoms with Crippen molar-refractivity contribution in [2.24, 2.45) is 23.5 Å². The molecule has 1 aliphatic rings. The summed E-state index contributed by atoms with van der Waals surface area (Å²) in [4.78, 5) is 14.1. The molecule has 0 aromatic carbocycles. The van der Waals surface area contributed by atoms with Crippen LogP contribution in [0.1, 0.15) is 26.7 Å². The molecule has 1 rings (SSSR count). The molecule has 1 heterocycles. The summed E-state index contributed by atoms with van der Waals surface area (Å²) in [6.45, 7) is 8.19. The van der Waals surface area contributed by atoms with Gasteiger partial charge in [0.15, 0.2) is 0 Å². The third-order valence-electron chi connectivity index (χ3n) is 3.58. The molecule has 0 spiro atoms. The third-order valence-corrected chi connectivity index (χ3v) is 3.58. The Bertz CT molecular complexity index is 236. The van der Waals surface area contributed by atoms with Crippen LogP contribution in [-0.4, -0.2) is 44.2 Å². The molecule has 0 aliphatic carbocycles. The topological polar surface area (TPSA) is 55.6 Å². The predicted molar refractivity (Wildman–Crippen MR) is 68.6 cm³/mol. The zero-order valence-corrected chi connectivity index (χ0v) is 11.3. The summed E-state index contributed by atoms with van der Waals surface area (Å²) in [7, 11) is 1.44. The number of methoxy groups -OCH3 is 1. The van der Waals surface area contributed by atoms with Gasteiger partial charge in [0.2, 0.25) is 0 Å². The molecule has 1 aliphatic heterocycles. The summed E-state index contributed by atoms with van der Waals surface area (Å²) >= 11 is 0. The molecule has 0 aromatic heterocycles. The molecule has 0 amide bonds. The molecule has 0 radical (unpaired) electrons. The first-order chi connectivity index (χ1) is 8.08. The molecule has 1 fully saturated rings. The van der Waals surface area contributed by atoms with Crippen molar-refractivity contribution < 1.29 is 9.53 Å². The highest BCUT2D eigenvalue weighted by Gasteiger charge is 2.31. The van der Waals surface area contributed by atoms with Gasteiger partial charge < -0.3 is 15.4 Å². The number of esters is 1. The molecule has 4 nitrogen and oxygen atoms in total. The Morgan fingerprint density at radius 2 is 2.00 bits per heavy atom. The number of likely N-dealkylation sites (tertiary alicyclic amines) is 1. The summed E-state index contributed by atoms with van der Waals surface area (Å²) in [5.74, 6) is 0.851. The fraction of sp³-hybridized carbons (Fsp3) is 0.923. The Balaban J connectivity index is 2.42. The van der Waals surface area contributed by atoms with Crippen LogP contribution in [0, 0.1) is 17.8 Å². The van der Waals surface area contributed by atoms with E-state index in [4.69, 9.17) is 10.5 Å². The van der Waals surface area contributed by atoms with Gasteiger partial charge in [-0.15, -0.1) is 0 Å². The van der Waals surface area contributed by atoms with Crippen molar-refractivity contribution in [2.75, 3.05) is 33.3 Å². The molecule has 1 atom stereocenters. The van der Waals surface area contributed by atoms with E-state index < -0.39 is 0 Å². The smallest absolute Gasteiger partial charge is 0.310 e. The lowest BCUT2D eigenvalue weighted by molar-refractivity contribution is -0.147. The Morgan fingerprint density at radius 3 is 2.41 bits per heavy atom. The number of hydrogen-bond acceptors (Lipinski definition) is 4. The van der Waals surface area contributed by atoms with Crippen molar-refractivity contribution in [3.05, 3.63) is 0 Å². The number of hydrogen-bond donors (Lipinski definition) is 1. The molecule has 0 aromatic rings. The maximum atomic E-state index is 11.6. The van der Waals surface area contributed by atoms with Crippen LogP contribution in [0.3, 0.4) is 0 Å². The molecule has 100 valence electrons. The first kappa shape index (κ1) is 14.5. The lowest BCUT2D eigenvalue weighted by atomic mass is 9.84. The minimum absolute atomic E-state index is 0.110. The van der Waals surface area contributed by atoms with E-state index in [2.05, 4.69) is 18.7 Å². The van der Waals surface area contributed by atoms with E-state index in [1.54, 1.807) is 0 Å². The van der Waals surface area contributed by atoms with E-state index in [0.29, 0.717) is 18.4 Å². The highest BCUT2D eigenvalue weighted by atomic mass is 16.5. The quantitative estimate of drug-likeness (QED) is 0.734. The van der Waals surface area contributed by atoms with Gasteiger partial charge in [-0.1, -0.05) is 13.8 Å². The molecular weight excluding hydrogens is 216 g/mol. The van der Waals surface area contributed by atoms with Crippen LogP contribution in [0.25, 0.3) is 0 Å². The lowest BCUT2D eigenvalue weighted by Crippen LogP contribution is -2.41. The number of ether oxygens (including phenoxy) is 1. The molecule has 0 bridgehead atoms. The molecule has 1 unspecified atom stereocenters. The van der Waals surface area contributed by atoms with Gasteiger partial charge in [0.25, 0.3) is 0 Å². The first-order valence-electron chi connectivity index (χ1n) is 6.58. The van der Waals surface area contributed by atoms with Crippen molar-refractivity contribution in [3.63, 3.8) is 0 Å². The second kappa shape index (κ2) is 6.97. The van der Waals surface area contributed by atoms with E-state index in [-0.39, 0.29) is 11.9 Å². The van der Waals surface area contributed by atoms with Gasteiger partial charge in [-0.2, -0.15) is 0 Å². The van der Waals surface area contributed by atoms with Gasteiger partial charge in [-0.05, 0) is 37.8 Å². The molecule has 1 saturated heterocycles. The monoisotopic (exact) mass is 242 g/mol. The maximum Gasteiger partial charge on any atom is 0.310 e. The van der Waals surface area contributed by atoms with Crippen LogP contribution < -0.4 is 5.73 Å². The summed E-state index contributed by atoms with van der Waals surface area (Å²) in [5, 5.41) is 0. The van der Waals surface area contributed by atoms with E-state index in [1.807, 2.05) is 0 Å². The van der Waals surface area contributed by atoms with Gasteiger partial charge in [-0.25, -0.2) is 0 Å². The number of carbonyl (C=O) groups excluding carboxylic acids is 1. The van der Waals surface area contributed by atoms with Crippen molar-refractivity contribution >= 4 is 5.97 Å². The van der Waals surface area contributed by atoms with Gasteiger partial charge >= 0.3 is 5.97 Å². The van der Waals surface area contributed by atoms with Crippen LogP contribution in [0.4, 0.5) is 0 Å². The molecular formula is C13H26N2O2. The van der Waals surface area contributed by atoms with Crippen LogP contribution in [0.15, 0.2) is 0 Å². The van der Waals surface area contributed by atoms with Crippen LogP contribution >= 0.6 is 0 Å². The number of nitrogens with zero attached hydrogens (tertiary/aromatic N) is 1.